The summed E-state index contributed by atoms with van der Waals surface area (Å²) in [6.45, 7) is 4.35. The molecule has 1 aliphatic rings. The van der Waals surface area contributed by atoms with Crippen molar-refractivity contribution in [3.05, 3.63) is 58.6 Å². The van der Waals surface area contributed by atoms with Crippen molar-refractivity contribution in [1.82, 2.24) is 9.80 Å². The van der Waals surface area contributed by atoms with Gasteiger partial charge >= 0.3 is 0 Å². The maximum Gasteiger partial charge on any atom is 0.260 e. The molecule has 0 atom stereocenters. The highest BCUT2D eigenvalue weighted by Gasteiger charge is 2.19. The molecular weight excluding hydrogens is 408 g/mol. The fourth-order valence-electron chi connectivity index (χ4n) is 3.13. The van der Waals surface area contributed by atoms with Crippen LogP contribution in [0, 0.1) is 0 Å². The van der Waals surface area contributed by atoms with Crippen molar-refractivity contribution in [2.75, 3.05) is 39.9 Å². The van der Waals surface area contributed by atoms with Crippen LogP contribution in [0.15, 0.2) is 53.0 Å². The maximum absolute atomic E-state index is 12.5. The van der Waals surface area contributed by atoms with Crippen LogP contribution in [-0.2, 0) is 11.3 Å². The lowest BCUT2D eigenvalue weighted by atomic mass is 10.2. The van der Waals surface area contributed by atoms with Gasteiger partial charge in [0.2, 0.25) is 0 Å². The Morgan fingerprint density at radius 3 is 2.37 bits per heavy atom. The summed E-state index contributed by atoms with van der Waals surface area (Å²) in [6, 6.07) is 15.7. The third-order valence-corrected chi connectivity index (χ3v) is 5.21. The van der Waals surface area contributed by atoms with E-state index in [1.165, 1.54) is 5.56 Å². The molecule has 0 N–H and O–H groups in total. The third kappa shape index (κ3) is 5.97. The van der Waals surface area contributed by atoms with Crippen LogP contribution < -0.4 is 9.47 Å². The van der Waals surface area contributed by atoms with Crippen LogP contribution in [0.3, 0.4) is 0 Å². The molecule has 0 aliphatic carbocycles. The molecule has 2 aromatic carbocycles. The zero-order valence-corrected chi connectivity index (χ0v) is 17.2. The molecule has 0 saturated carbocycles. The van der Waals surface area contributed by atoms with Gasteiger partial charge in [-0.05, 0) is 48.4 Å². The smallest absolute Gasteiger partial charge is 0.260 e. The molecular formula is C21H25BrN2O3. The van der Waals surface area contributed by atoms with Gasteiger partial charge in [-0.1, -0.05) is 28.1 Å². The normalized spacial score (nSPS) is 15.3. The van der Waals surface area contributed by atoms with E-state index in [1.54, 1.807) is 7.11 Å². The fraction of sp³-hybridized carbons (Fsp3) is 0.381. The molecule has 1 aliphatic heterocycles. The Morgan fingerprint density at radius 1 is 0.963 bits per heavy atom. The van der Waals surface area contributed by atoms with Gasteiger partial charge in [0.05, 0.1) is 7.11 Å². The zero-order chi connectivity index (χ0) is 19.1. The van der Waals surface area contributed by atoms with Crippen molar-refractivity contribution in [2.45, 2.75) is 13.0 Å². The first-order chi connectivity index (χ1) is 13.1. The minimum absolute atomic E-state index is 0.0456. The quantitative estimate of drug-likeness (QED) is 0.699. The van der Waals surface area contributed by atoms with Crippen molar-refractivity contribution >= 4 is 21.8 Å². The van der Waals surface area contributed by atoms with Crippen LogP contribution in [0.1, 0.15) is 12.0 Å². The van der Waals surface area contributed by atoms with Crippen LogP contribution in [0.2, 0.25) is 0 Å². The van der Waals surface area contributed by atoms with E-state index in [-0.39, 0.29) is 12.5 Å². The summed E-state index contributed by atoms with van der Waals surface area (Å²) in [5, 5.41) is 0. The second kappa shape index (κ2) is 9.76. The van der Waals surface area contributed by atoms with Crippen molar-refractivity contribution < 1.29 is 14.3 Å². The van der Waals surface area contributed by atoms with Gasteiger partial charge in [0.25, 0.3) is 5.91 Å². The monoisotopic (exact) mass is 432 g/mol. The van der Waals surface area contributed by atoms with Gasteiger partial charge in [0.15, 0.2) is 6.61 Å². The van der Waals surface area contributed by atoms with Crippen LogP contribution in [-0.4, -0.2) is 55.6 Å². The molecule has 2 aromatic rings. The lowest BCUT2D eigenvalue weighted by molar-refractivity contribution is -0.133. The standard InChI is InChI=1S/C21H25BrN2O3/c1-26-19-7-3-17(4-8-19)15-23-11-2-12-24(14-13-23)21(25)16-27-20-9-5-18(22)6-10-20/h3-10H,2,11-16H2,1H3. The summed E-state index contributed by atoms with van der Waals surface area (Å²) in [5.74, 6) is 1.63. The number of hydrogen-bond donors (Lipinski definition) is 0. The average Bonchev–Trinajstić information content (AvgIpc) is 2.93. The second-order valence-electron chi connectivity index (χ2n) is 6.60. The number of methoxy groups -OCH3 is 1. The number of carbonyl (C=O) groups excluding carboxylic acids is 1. The first kappa shape index (κ1) is 19.7. The van der Waals surface area contributed by atoms with Gasteiger partial charge < -0.3 is 14.4 Å². The van der Waals surface area contributed by atoms with Crippen molar-refractivity contribution in [1.29, 1.82) is 0 Å². The van der Waals surface area contributed by atoms with E-state index < -0.39 is 0 Å². The maximum atomic E-state index is 12.5. The van der Waals surface area contributed by atoms with Gasteiger partial charge in [-0.15, -0.1) is 0 Å². The highest BCUT2D eigenvalue weighted by atomic mass is 79.9. The van der Waals surface area contributed by atoms with Crippen molar-refractivity contribution in [2.24, 2.45) is 0 Å². The van der Waals surface area contributed by atoms with Crippen LogP contribution in [0.4, 0.5) is 0 Å². The minimum Gasteiger partial charge on any atom is -0.497 e. The number of hydrogen-bond acceptors (Lipinski definition) is 4. The average molecular weight is 433 g/mol. The van der Waals surface area contributed by atoms with E-state index in [0.29, 0.717) is 5.75 Å². The van der Waals surface area contributed by atoms with Gasteiger partial charge in [-0.3, -0.25) is 9.69 Å². The van der Waals surface area contributed by atoms with Crippen molar-refractivity contribution in [3.63, 3.8) is 0 Å². The molecule has 1 amide bonds. The summed E-state index contributed by atoms with van der Waals surface area (Å²) in [6.07, 6.45) is 0.972. The topological polar surface area (TPSA) is 42.0 Å². The number of ether oxygens (including phenoxy) is 2. The summed E-state index contributed by atoms with van der Waals surface area (Å²) in [4.78, 5) is 16.8. The van der Waals surface area contributed by atoms with Crippen LogP contribution in [0.5, 0.6) is 11.5 Å². The SMILES string of the molecule is COc1ccc(CN2CCCN(C(=O)COc3ccc(Br)cc3)CC2)cc1. The molecule has 0 unspecified atom stereocenters. The Balaban J connectivity index is 1.46. The molecule has 6 heteroatoms. The number of rotatable bonds is 6. The Hall–Kier alpha value is -2.05. The number of halogens is 1. The second-order valence-corrected chi connectivity index (χ2v) is 7.52. The largest absolute Gasteiger partial charge is 0.497 e. The molecule has 1 saturated heterocycles. The van der Waals surface area contributed by atoms with E-state index in [1.807, 2.05) is 41.3 Å². The molecule has 5 nitrogen and oxygen atoms in total. The molecule has 3 rings (SSSR count). The van der Waals surface area contributed by atoms with E-state index in [2.05, 4.69) is 33.0 Å². The molecule has 27 heavy (non-hydrogen) atoms. The van der Waals surface area contributed by atoms with Crippen LogP contribution >= 0.6 is 15.9 Å². The molecule has 1 heterocycles. The highest BCUT2D eigenvalue weighted by molar-refractivity contribution is 9.10. The fourth-order valence-corrected chi connectivity index (χ4v) is 3.40. The first-order valence-electron chi connectivity index (χ1n) is 9.15. The highest BCUT2D eigenvalue weighted by Crippen LogP contribution is 2.17. The Morgan fingerprint density at radius 2 is 1.67 bits per heavy atom. The molecule has 0 aromatic heterocycles. The van der Waals surface area contributed by atoms with Gasteiger partial charge in [-0.25, -0.2) is 0 Å². The van der Waals surface area contributed by atoms with E-state index in [0.717, 1.165) is 49.4 Å². The number of nitrogens with zero attached hydrogens (tertiary/aromatic N) is 2. The Bertz CT molecular complexity index is 734. The third-order valence-electron chi connectivity index (χ3n) is 4.68. The molecule has 0 radical (unpaired) electrons. The zero-order valence-electron chi connectivity index (χ0n) is 15.6. The lowest BCUT2D eigenvalue weighted by Gasteiger charge is -2.22. The molecule has 0 bridgehead atoms. The van der Waals surface area contributed by atoms with Gasteiger partial charge in [0, 0.05) is 37.2 Å². The number of carbonyl (C=O) groups is 1. The van der Waals surface area contributed by atoms with Crippen molar-refractivity contribution in [3.8, 4) is 11.5 Å². The van der Waals surface area contributed by atoms with E-state index in [9.17, 15) is 4.79 Å². The van der Waals surface area contributed by atoms with Crippen LogP contribution in [0.25, 0.3) is 0 Å². The lowest BCUT2D eigenvalue weighted by Crippen LogP contribution is -2.38. The predicted molar refractivity (Wildman–Crippen MR) is 109 cm³/mol. The summed E-state index contributed by atoms with van der Waals surface area (Å²) in [5.41, 5.74) is 1.26. The number of benzene rings is 2. The summed E-state index contributed by atoms with van der Waals surface area (Å²) >= 11 is 3.39. The molecule has 1 fully saturated rings. The Labute approximate surface area is 169 Å². The minimum atomic E-state index is 0.0456. The molecule has 144 valence electrons. The first-order valence-corrected chi connectivity index (χ1v) is 9.95. The summed E-state index contributed by atoms with van der Waals surface area (Å²) in [7, 11) is 1.68. The predicted octanol–water partition coefficient (Wildman–Crippen LogP) is 3.57. The Kier molecular flexibility index (Phi) is 7.12. The van der Waals surface area contributed by atoms with E-state index in [4.69, 9.17) is 9.47 Å². The summed E-state index contributed by atoms with van der Waals surface area (Å²) < 4.78 is 11.8. The van der Waals surface area contributed by atoms with Gasteiger partial charge in [-0.2, -0.15) is 0 Å². The van der Waals surface area contributed by atoms with E-state index >= 15 is 0 Å². The molecule has 0 spiro atoms. The number of amides is 1. The van der Waals surface area contributed by atoms with Gasteiger partial charge in [0.1, 0.15) is 11.5 Å².